The Balaban J connectivity index is 1.71. The average molecular weight is 345 g/mol. The summed E-state index contributed by atoms with van der Waals surface area (Å²) in [4.78, 5) is 8.07. The summed E-state index contributed by atoms with van der Waals surface area (Å²) in [5.74, 6) is 0.830. The number of nitrogens with zero attached hydrogens (tertiary/aromatic N) is 1. The van der Waals surface area contributed by atoms with Gasteiger partial charge in [-0.05, 0) is 36.6 Å². The molecule has 1 atom stereocenters. The summed E-state index contributed by atoms with van der Waals surface area (Å²) in [6.45, 7) is 0.137. The monoisotopic (exact) mass is 345 g/mol. The van der Waals surface area contributed by atoms with Crippen molar-refractivity contribution >= 4 is 33.4 Å². The summed E-state index contributed by atoms with van der Waals surface area (Å²) in [6.07, 6.45) is 4.98. The molecule has 2 aliphatic rings. The number of H-pyrrole nitrogens is 1. The third-order valence-corrected chi connectivity index (χ3v) is 5.99. The Kier molecular flexibility index (Phi) is 4.52. The molecule has 0 saturated heterocycles. The summed E-state index contributed by atoms with van der Waals surface area (Å²) < 4.78 is 0. The van der Waals surface area contributed by atoms with Crippen LogP contribution in [0.3, 0.4) is 0 Å². The number of aromatic nitrogens is 1. The fourth-order valence-corrected chi connectivity index (χ4v) is 4.59. The van der Waals surface area contributed by atoms with Crippen LogP contribution in [0.15, 0.2) is 23.2 Å². The Morgan fingerprint density at radius 3 is 2.75 bits per heavy atom. The van der Waals surface area contributed by atoms with E-state index in [0.29, 0.717) is 6.04 Å². The van der Waals surface area contributed by atoms with E-state index < -0.39 is 0 Å². The van der Waals surface area contributed by atoms with Crippen molar-refractivity contribution in [3.05, 3.63) is 29.5 Å². The van der Waals surface area contributed by atoms with Crippen molar-refractivity contribution < 1.29 is 10.2 Å². The van der Waals surface area contributed by atoms with Crippen LogP contribution in [0.25, 0.3) is 10.9 Å². The molecule has 2 aromatic rings. The van der Waals surface area contributed by atoms with E-state index in [4.69, 9.17) is 0 Å². The topological polar surface area (TPSA) is 80.6 Å². The van der Waals surface area contributed by atoms with Crippen molar-refractivity contribution in [2.45, 2.75) is 44.4 Å². The highest BCUT2D eigenvalue weighted by molar-refractivity contribution is 8.14. The first-order chi connectivity index (χ1) is 11.8. The summed E-state index contributed by atoms with van der Waals surface area (Å²) in [6, 6.07) is 6.69. The van der Waals surface area contributed by atoms with Gasteiger partial charge in [0.2, 0.25) is 0 Å². The summed E-state index contributed by atoms with van der Waals surface area (Å²) >= 11 is 1.68. The van der Waals surface area contributed by atoms with Crippen molar-refractivity contribution in [3.8, 4) is 0 Å². The van der Waals surface area contributed by atoms with E-state index in [1.165, 1.54) is 25.7 Å². The van der Waals surface area contributed by atoms with Gasteiger partial charge in [0.25, 0.3) is 0 Å². The van der Waals surface area contributed by atoms with Crippen LogP contribution >= 0.6 is 11.8 Å². The molecule has 24 heavy (non-hydrogen) atoms. The van der Waals surface area contributed by atoms with Crippen molar-refractivity contribution in [2.24, 2.45) is 4.99 Å². The Hall–Kier alpha value is -1.50. The zero-order valence-corrected chi connectivity index (χ0v) is 14.4. The van der Waals surface area contributed by atoms with Crippen molar-refractivity contribution in [1.29, 1.82) is 0 Å². The van der Waals surface area contributed by atoms with Gasteiger partial charge in [-0.3, -0.25) is 4.99 Å². The number of rotatable bonds is 5. The Labute approximate surface area is 145 Å². The van der Waals surface area contributed by atoms with Crippen LogP contribution in [0.5, 0.6) is 0 Å². The number of aromatic amines is 1. The Bertz CT molecular complexity index is 765. The van der Waals surface area contributed by atoms with E-state index in [1.807, 2.05) is 12.1 Å². The Morgan fingerprint density at radius 1 is 1.21 bits per heavy atom. The minimum Gasteiger partial charge on any atom is -0.394 e. The van der Waals surface area contributed by atoms with Crippen LogP contribution in [0.2, 0.25) is 0 Å². The van der Waals surface area contributed by atoms with E-state index >= 15 is 0 Å². The highest BCUT2D eigenvalue weighted by Gasteiger charge is 2.21. The molecule has 1 aliphatic heterocycles. The smallest absolute Gasteiger partial charge is 0.115 e. The molecule has 1 saturated carbocycles. The number of hydrogen-bond donors (Lipinski definition) is 4. The van der Waals surface area contributed by atoms with E-state index in [0.717, 1.165) is 38.6 Å². The lowest BCUT2D eigenvalue weighted by molar-refractivity contribution is 0.277. The Morgan fingerprint density at radius 2 is 2.04 bits per heavy atom. The molecule has 1 fully saturated rings. The van der Waals surface area contributed by atoms with E-state index in [1.54, 1.807) is 11.8 Å². The second-order valence-electron chi connectivity index (χ2n) is 6.66. The van der Waals surface area contributed by atoms with Crippen LogP contribution in [0, 0.1) is 0 Å². The number of thioether (sulfide) groups is 1. The number of nitrogens with one attached hydrogen (secondary N) is 2. The quantitative estimate of drug-likeness (QED) is 0.672. The predicted octanol–water partition coefficient (Wildman–Crippen LogP) is 2.87. The number of anilines is 1. The summed E-state index contributed by atoms with van der Waals surface area (Å²) in [5, 5.41) is 24.6. The van der Waals surface area contributed by atoms with E-state index in [2.05, 4.69) is 21.4 Å². The van der Waals surface area contributed by atoms with Gasteiger partial charge in [0.1, 0.15) is 5.04 Å². The fraction of sp³-hybridized carbons (Fsp3) is 0.500. The van der Waals surface area contributed by atoms with Gasteiger partial charge in [0, 0.05) is 17.2 Å². The van der Waals surface area contributed by atoms with Crippen LogP contribution < -0.4 is 5.32 Å². The first-order valence-corrected chi connectivity index (χ1v) is 9.60. The second-order valence-corrected chi connectivity index (χ2v) is 7.66. The van der Waals surface area contributed by atoms with Crippen LogP contribution in [-0.2, 0) is 6.61 Å². The number of benzene rings is 1. The van der Waals surface area contributed by atoms with Crippen LogP contribution in [0.4, 0.5) is 5.69 Å². The first kappa shape index (κ1) is 16.0. The van der Waals surface area contributed by atoms with E-state index in [-0.39, 0.29) is 19.3 Å². The minimum absolute atomic E-state index is 0.000462. The molecule has 1 unspecified atom stereocenters. The molecule has 0 radical (unpaired) electrons. The molecule has 5 nitrogen and oxygen atoms in total. The molecule has 4 rings (SSSR count). The van der Waals surface area contributed by atoms with Crippen molar-refractivity contribution in [3.63, 3.8) is 0 Å². The minimum atomic E-state index is 0.000462. The molecule has 128 valence electrons. The number of aliphatic imine (C=N–C) groups is 1. The molecule has 0 bridgehead atoms. The van der Waals surface area contributed by atoms with E-state index in [9.17, 15) is 10.2 Å². The number of fused-ring (bicyclic) bond motifs is 1. The van der Waals surface area contributed by atoms with Gasteiger partial charge < -0.3 is 20.5 Å². The predicted molar refractivity (Wildman–Crippen MR) is 100.0 cm³/mol. The zero-order chi connectivity index (χ0) is 16.5. The molecule has 1 aromatic heterocycles. The number of aliphatic hydroxyl groups is 2. The third kappa shape index (κ3) is 3.06. The highest BCUT2D eigenvalue weighted by atomic mass is 32.2. The molecule has 1 aromatic carbocycles. The molecule has 0 spiro atoms. The maximum absolute atomic E-state index is 9.57. The van der Waals surface area contributed by atoms with Gasteiger partial charge in [-0.25, -0.2) is 0 Å². The molecule has 2 heterocycles. The highest BCUT2D eigenvalue weighted by Crippen LogP contribution is 2.32. The lowest BCUT2D eigenvalue weighted by atomic mass is 10.1. The molecular formula is C18H23N3O2S. The van der Waals surface area contributed by atoms with Crippen molar-refractivity contribution in [1.82, 2.24) is 4.98 Å². The van der Waals surface area contributed by atoms with Gasteiger partial charge in [0.05, 0.1) is 36.2 Å². The van der Waals surface area contributed by atoms with Gasteiger partial charge in [-0.1, -0.05) is 12.8 Å². The second kappa shape index (κ2) is 6.78. The normalized spacial score (nSPS) is 21.6. The lowest BCUT2D eigenvalue weighted by Gasteiger charge is -2.15. The maximum atomic E-state index is 9.57. The van der Waals surface area contributed by atoms with Gasteiger partial charge in [-0.15, -0.1) is 11.8 Å². The zero-order valence-electron chi connectivity index (χ0n) is 13.6. The molecule has 1 aliphatic carbocycles. The summed E-state index contributed by atoms with van der Waals surface area (Å²) in [5.41, 5.74) is 4.06. The number of hydrogen-bond acceptors (Lipinski definition) is 5. The molecule has 6 heteroatoms. The lowest BCUT2D eigenvalue weighted by Crippen LogP contribution is -2.15. The maximum Gasteiger partial charge on any atom is 0.115 e. The van der Waals surface area contributed by atoms with Crippen molar-refractivity contribution in [2.75, 3.05) is 17.7 Å². The first-order valence-electron chi connectivity index (χ1n) is 8.61. The average Bonchev–Trinajstić information content (AvgIpc) is 3.33. The number of aliphatic hydroxyl groups excluding tert-OH is 2. The SMILES string of the molecule is OCc1cc(NC2CCCC2)c2[nH]c(C3=NC(CO)CS3)cc2c1. The van der Waals surface area contributed by atoms with Crippen LogP contribution in [0.1, 0.15) is 36.9 Å². The third-order valence-electron chi connectivity index (χ3n) is 4.84. The van der Waals surface area contributed by atoms with Crippen LogP contribution in [-0.4, -0.2) is 44.7 Å². The van der Waals surface area contributed by atoms with Gasteiger partial charge in [-0.2, -0.15) is 0 Å². The van der Waals surface area contributed by atoms with Gasteiger partial charge in [0.15, 0.2) is 0 Å². The largest absolute Gasteiger partial charge is 0.394 e. The fourth-order valence-electron chi connectivity index (χ4n) is 3.57. The molecule has 0 amide bonds. The van der Waals surface area contributed by atoms with Gasteiger partial charge >= 0.3 is 0 Å². The molecule has 4 N–H and O–H groups in total. The molecular weight excluding hydrogens is 322 g/mol. The summed E-state index contributed by atoms with van der Waals surface area (Å²) in [7, 11) is 0. The standard InChI is InChI=1S/C18H23N3O2S/c22-8-11-5-12-7-16(18-20-14(9-23)10-24-18)21-17(12)15(6-11)19-13-3-1-2-4-13/h5-7,13-14,19,21-23H,1-4,8-10H2.